The fourth-order valence-electron chi connectivity index (χ4n) is 2.72. The molecule has 5 heteroatoms. The van der Waals surface area contributed by atoms with E-state index in [1.54, 1.807) is 18.0 Å². The molecule has 116 valence electrons. The molecule has 0 fully saturated rings. The van der Waals surface area contributed by atoms with E-state index in [0.717, 1.165) is 46.3 Å². The van der Waals surface area contributed by atoms with Crippen LogP contribution in [0.1, 0.15) is 36.6 Å². The van der Waals surface area contributed by atoms with Crippen molar-refractivity contribution in [2.75, 3.05) is 5.75 Å². The number of aryl methyl sites for hydroxylation is 1. The highest BCUT2D eigenvalue weighted by Gasteiger charge is 2.23. The Balaban J connectivity index is 1.49. The van der Waals surface area contributed by atoms with Crippen molar-refractivity contribution in [3.05, 3.63) is 52.9 Å². The summed E-state index contributed by atoms with van der Waals surface area (Å²) in [6, 6.07) is 9.77. The lowest BCUT2D eigenvalue weighted by Crippen LogP contribution is -2.30. The number of furan rings is 1. The van der Waals surface area contributed by atoms with Crippen LogP contribution in [0.2, 0.25) is 5.02 Å². The van der Waals surface area contributed by atoms with Gasteiger partial charge in [0, 0.05) is 29.1 Å². The molecule has 1 N–H and O–H groups in total. The minimum atomic E-state index is 0.0820. The first kappa shape index (κ1) is 15.5. The molecule has 1 aromatic carbocycles. The number of thioether (sulfide) groups is 1. The normalized spacial score (nSPS) is 17.0. The summed E-state index contributed by atoms with van der Waals surface area (Å²) in [6.45, 7) is 0. The van der Waals surface area contributed by atoms with E-state index in [0.29, 0.717) is 6.42 Å². The molecule has 0 radical (unpaired) electrons. The lowest BCUT2D eigenvalue weighted by atomic mass is 9.93. The van der Waals surface area contributed by atoms with Gasteiger partial charge in [-0.3, -0.25) is 4.79 Å². The van der Waals surface area contributed by atoms with E-state index in [9.17, 15) is 4.79 Å². The highest BCUT2D eigenvalue weighted by atomic mass is 35.5. The molecule has 0 bridgehead atoms. The highest BCUT2D eigenvalue weighted by molar-refractivity contribution is 7.99. The van der Waals surface area contributed by atoms with Crippen LogP contribution in [-0.4, -0.2) is 11.7 Å². The van der Waals surface area contributed by atoms with E-state index < -0.39 is 0 Å². The second-order valence-corrected chi connectivity index (χ2v) is 6.88. The topological polar surface area (TPSA) is 42.2 Å². The van der Waals surface area contributed by atoms with Crippen LogP contribution in [0.25, 0.3) is 0 Å². The highest BCUT2D eigenvalue weighted by Crippen LogP contribution is 2.31. The van der Waals surface area contributed by atoms with Gasteiger partial charge in [0.1, 0.15) is 5.76 Å². The minimum absolute atomic E-state index is 0.0820. The van der Waals surface area contributed by atoms with E-state index >= 15 is 0 Å². The predicted octanol–water partition coefficient (Wildman–Crippen LogP) is 4.61. The molecule has 0 saturated heterocycles. The summed E-state index contributed by atoms with van der Waals surface area (Å²) >= 11 is 7.72. The molecule has 0 saturated carbocycles. The lowest BCUT2D eigenvalue weighted by Gasteiger charge is -2.22. The Morgan fingerprint density at radius 1 is 1.36 bits per heavy atom. The Kier molecular flexibility index (Phi) is 5.11. The van der Waals surface area contributed by atoms with Gasteiger partial charge in [-0.15, -0.1) is 11.8 Å². The van der Waals surface area contributed by atoms with Crippen LogP contribution in [0.5, 0.6) is 0 Å². The largest absolute Gasteiger partial charge is 0.469 e. The number of rotatable bonds is 5. The average Bonchev–Trinajstić information content (AvgIpc) is 2.99. The first-order chi connectivity index (χ1) is 10.7. The van der Waals surface area contributed by atoms with E-state index in [2.05, 4.69) is 5.32 Å². The van der Waals surface area contributed by atoms with Crippen molar-refractivity contribution in [3.63, 3.8) is 0 Å². The Hall–Kier alpha value is -1.39. The summed E-state index contributed by atoms with van der Waals surface area (Å²) in [6.07, 6.45) is 5.20. The summed E-state index contributed by atoms with van der Waals surface area (Å²) in [5.41, 5.74) is 1.14. The zero-order valence-electron chi connectivity index (χ0n) is 12.2. The summed E-state index contributed by atoms with van der Waals surface area (Å²) in [4.78, 5) is 13.2. The van der Waals surface area contributed by atoms with Crippen LogP contribution < -0.4 is 5.32 Å². The number of hydrogen-bond donors (Lipinski definition) is 1. The molecule has 0 spiro atoms. The van der Waals surface area contributed by atoms with Gasteiger partial charge in [-0.1, -0.05) is 23.7 Å². The molecular formula is C17H18ClNO2S. The van der Waals surface area contributed by atoms with E-state index in [1.807, 2.05) is 30.3 Å². The number of carbonyl (C=O) groups is 1. The van der Waals surface area contributed by atoms with Crippen LogP contribution in [0.3, 0.4) is 0 Å². The SMILES string of the molecule is O=C(CCSc1ccccc1Cl)NC1CCCc2occc21. The number of nitrogens with one attached hydrogen (secondary N) is 1. The standard InChI is InChI=1S/C17H18ClNO2S/c18-13-4-1-2-7-16(13)22-11-9-17(20)19-14-5-3-6-15-12(14)8-10-21-15/h1-2,4,7-8,10,14H,3,5-6,9,11H2,(H,19,20). The Morgan fingerprint density at radius 2 is 2.23 bits per heavy atom. The van der Waals surface area contributed by atoms with Crippen LogP contribution in [-0.2, 0) is 11.2 Å². The average molecular weight is 336 g/mol. The molecule has 1 amide bonds. The summed E-state index contributed by atoms with van der Waals surface area (Å²) < 4.78 is 5.45. The Morgan fingerprint density at radius 3 is 3.09 bits per heavy atom. The summed E-state index contributed by atoms with van der Waals surface area (Å²) in [5, 5.41) is 3.86. The smallest absolute Gasteiger partial charge is 0.221 e. The molecule has 1 aliphatic carbocycles. The second kappa shape index (κ2) is 7.25. The fraction of sp³-hybridized carbons (Fsp3) is 0.353. The number of hydrogen-bond acceptors (Lipinski definition) is 3. The Bertz CT molecular complexity index is 656. The van der Waals surface area contributed by atoms with Crippen molar-refractivity contribution in [3.8, 4) is 0 Å². The molecule has 22 heavy (non-hydrogen) atoms. The quantitative estimate of drug-likeness (QED) is 0.811. The first-order valence-electron chi connectivity index (χ1n) is 7.47. The van der Waals surface area contributed by atoms with Gasteiger partial charge >= 0.3 is 0 Å². The number of halogens is 1. The number of carbonyl (C=O) groups excluding carboxylic acids is 1. The number of fused-ring (bicyclic) bond motifs is 1. The second-order valence-electron chi connectivity index (χ2n) is 5.34. The third-order valence-electron chi connectivity index (χ3n) is 3.81. The maximum Gasteiger partial charge on any atom is 0.221 e. The molecule has 0 aliphatic heterocycles. The van der Waals surface area contributed by atoms with Crippen LogP contribution in [0.4, 0.5) is 0 Å². The first-order valence-corrected chi connectivity index (χ1v) is 8.83. The molecule has 3 nitrogen and oxygen atoms in total. The molecule has 1 heterocycles. The van der Waals surface area contributed by atoms with Gasteiger partial charge in [0.25, 0.3) is 0 Å². The van der Waals surface area contributed by atoms with Crippen molar-refractivity contribution in [2.45, 2.75) is 36.6 Å². The zero-order chi connectivity index (χ0) is 15.4. The van der Waals surface area contributed by atoms with Gasteiger partial charge in [0.2, 0.25) is 5.91 Å². The zero-order valence-corrected chi connectivity index (χ0v) is 13.8. The molecule has 3 rings (SSSR count). The predicted molar refractivity (Wildman–Crippen MR) is 89.3 cm³/mol. The van der Waals surface area contributed by atoms with Gasteiger partial charge < -0.3 is 9.73 Å². The van der Waals surface area contributed by atoms with Crippen molar-refractivity contribution in [1.82, 2.24) is 5.32 Å². The van der Waals surface area contributed by atoms with Crippen molar-refractivity contribution in [2.24, 2.45) is 0 Å². The van der Waals surface area contributed by atoms with E-state index in [1.165, 1.54) is 0 Å². The lowest BCUT2D eigenvalue weighted by molar-refractivity contribution is -0.121. The monoisotopic (exact) mass is 335 g/mol. The third-order valence-corrected chi connectivity index (χ3v) is 5.33. The molecule has 1 unspecified atom stereocenters. The van der Waals surface area contributed by atoms with Gasteiger partial charge in [0.05, 0.1) is 17.3 Å². The molecular weight excluding hydrogens is 318 g/mol. The van der Waals surface area contributed by atoms with Crippen molar-refractivity contribution < 1.29 is 9.21 Å². The fourth-order valence-corrected chi connectivity index (χ4v) is 3.91. The molecule has 1 atom stereocenters. The third kappa shape index (κ3) is 3.68. The van der Waals surface area contributed by atoms with Crippen LogP contribution in [0, 0.1) is 0 Å². The van der Waals surface area contributed by atoms with E-state index in [-0.39, 0.29) is 11.9 Å². The maximum absolute atomic E-state index is 12.1. The van der Waals surface area contributed by atoms with Crippen LogP contribution >= 0.6 is 23.4 Å². The van der Waals surface area contributed by atoms with Crippen LogP contribution in [0.15, 0.2) is 45.9 Å². The molecule has 1 aliphatic rings. The Labute approximate surface area is 139 Å². The van der Waals surface area contributed by atoms with Gasteiger partial charge in [-0.2, -0.15) is 0 Å². The van der Waals surface area contributed by atoms with Gasteiger partial charge in [-0.05, 0) is 31.0 Å². The summed E-state index contributed by atoms with van der Waals surface area (Å²) in [7, 11) is 0. The van der Waals surface area contributed by atoms with Gasteiger partial charge in [-0.25, -0.2) is 0 Å². The molecule has 1 aromatic heterocycles. The van der Waals surface area contributed by atoms with E-state index in [4.69, 9.17) is 16.0 Å². The number of benzene rings is 1. The molecule has 2 aromatic rings. The number of amides is 1. The van der Waals surface area contributed by atoms with Crippen molar-refractivity contribution in [1.29, 1.82) is 0 Å². The van der Waals surface area contributed by atoms with Crippen molar-refractivity contribution >= 4 is 29.3 Å². The summed E-state index contributed by atoms with van der Waals surface area (Å²) in [5.74, 6) is 1.82. The maximum atomic E-state index is 12.1. The van der Waals surface area contributed by atoms with Gasteiger partial charge in [0.15, 0.2) is 0 Å². The minimum Gasteiger partial charge on any atom is -0.469 e.